The fourth-order valence-corrected chi connectivity index (χ4v) is 5.85. The van der Waals surface area contributed by atoms with Crippen molar-refractivity contribution in [3.63, 3.8) is 0 Å². The Labute approximate surface area is 195 Å². The number of rotatable bonds is 5. The second-order valence-corrected chi connectivity index (χ2v) is 9.96. The van der Waals surface area contributed by atoms with Gasteiger partial charge in [-0.1, -0.05) is 42.1 Å². The maximum Gasteiger partial charge on any atom is 0.222 e. The number of fused-ring (bicyclic) bond motifs is 2. The molecular formula is C26H32N4OS. The number of amides is 1. The molecule has 32 heavy (non-hydrogen) atoms. The van der Waals surface area contributed by atoms with Crippen molar-refractivity contribution in [2.45, 2.75) is 41.9 Å². The van der Waals surface area contributed by atoms with E-state index in [1.807, 2.05) is 11.8 Å². The van der Waals surface area contributed by atoms with Gasteiger partial charge in [0.1, 0.15) is 5.84 Å². The first kappa shape index (κ1) is 21.5. The number of hydrogen-bond donors (Lipinski definition) is 0. The number of benzene rings is 2. The zero-order chi connectivity index (χ0) is 21.8. The molecule has 0 unspecified atom stereocenters. The summed E-state index contributed by atoms with van der Waals surface area (Å²) in [5.74, 6) is 1.47. The Kier molecular flexibility index (Phi) is 6.79. The second-order valence-electron chi connectivity index (χ2n) is 8.88. The molecule has 0 atom stereocenters. The minimum absolute atomic E-state index is 0.356. The number of carbonyl (C=O) groups excluding carboxylic acids is 1. The number of aliphatic imine (C=N–C) groups is 1. The van der Waals surface area contributed by atoms with Crippen molar-refractivity contribution in [1.29, 1.82) is 0 Å². The second kappa shape index (κ2) is 10.1. The fraction of sp³-hybridized carbons (Fsp3) is 0.462. The number of nitrogens with zero attached hydrogens (tertiary/aromatic N) is 4. The monoisotopic (exact) mass is 448 g/mol. The van der Waals surface area contributed by atoms with Crippen molar-refractivity contribution < 1.29 is 4.79 Å². The van der Waals surface area contributed by atoms with Gasteiger partial charge in [0.25, 0.3) is 0 Å². The lowest BCUT2D eigenvalue weighted by Gasteiger charge is -2.37. The molecule has 1 amide bonds. The van der Waals surface area contributed by atoms with Gasteiger partial charge < -0.3 is 9.80 Å². The third-order valence-electron chi connectivity index (χ3n) is 6.69. The van der Waals surface area contributed by atoms with Crippen LogP contribution in [0.5, 0.6) is 0 Å². The maximum absolute atomic E-state index is 12.0. The number of carbonyl (C=O) groups is 1. The van der Waals surface area contributed by atoms with Gasteiger partial charge in [0.15, 0.2) is 0 Å². The van der Waals surface area contributed by atoms with Crippen LogP contribution in [0.3, 0.4) is 0 Å². The Morgan fingerprint density at radius 1 is 0.812 bits per heavy atom. The highest BCUT2D eigenvalue weighted by Gasteiger charge is 2.25. The lowest BCUT2D eigenvalue weighted by atomic mass is 10.1. The molecule has 0 saturated carbocycles. The van der Waals surface area contributed by atoms with E-state index in [1.165, 1.54) is 21.8 Å². The molecule has 3 heterocycles. The minimum Gasteiger partial charge on any atom is -0.354 e. The molecule has 2 fully saturated rings. The first-order valence-corrected chi connectivity index (χ1v) is 12.8. The van der Waals surface area contributed by atoms with Crippen LogP contribution in [-0.2, 0) is 4.79 Å². The van der Waals surface area contributed by atoms with E-state index in [9.17, 15) is 4.79 Å². The van der Waals surface area contributed by atoms with Gasteiger partial charge in [-0.2, -0.15) is 0 Å². The molecule has 0 N–H and O–H groups in total. The first-order valence-electron chi connectivity index (χ1n) is 12.0. The standard InChI is InChI=1S/C26H32N4OS/c31-25-13-5-6-15-29(25)16-8-7-14-28-17-19-30(20-18-28)26-21-9-1-3-11-23(21)32-24-12-4-2-10-22(24)27-26/h1-4,9-12H,5-8,13-20H2. The van der Waals surface area contributed by atoms with Crippen molar-refractivity contribution in [3.05, 3.63) is 54.1 Å². The molecule has 5 rings (SSSR count). The first-order chi connectivity index (χ1) is 15.8. The van der Waals surface area contributed by atoms with Crippen LogP contribution in [0.15, 0.2) is 63.3 Å². The summed E-state index contributed by atoms with van der Waals surface area (Å²) in [7, 11) is 0. The Morgan fingerprint density at radius 2 is 1.56 bits per heavy atom. The fourth-order valence-electron chi connectivity index (χ4n) is 4.83. The molecule has 3 aliphatic heterocycles. The van der Waals surface area contributed by atoms with Crippen LogP contribution in [0, 0.1) is 0 Å². The Bertz CT molecular complexity index is 983. The summed E-state index contributed by atoms with van der Waals surface area (Å²) in [6.07, 6.45) is 5.26. The zero-order valence-corrected chi connectivity index (χ0v) is 19.5. The summed E-state index contributed by atoms with van der Waals surface area (Å²) < 4.78 is 0. The summed E-state index contributed by atoms with van der Waals surface area (Å²) in [4.78, 5) is 26.7. The molecule has 0 aliphatic carbocycles. The Hall–Kier alpha value is -2.31. The SMILES string of the molecule is O=C1CCCCN1CCCCN1CCN(C2=Nc3ccccc3Sc3ccccc32)CC1. The number of hydrogen-bond acceptors (Lipinski definition) is 5. The van der Waals surface area contributed by atoms with Crippen LogP contribution in [-0.4, -0.2) is 72.3 Å². The van der Waals surface area contributed by atoms with Gasteiger partial charge in [0, 0.05) is 61.0 Å². The predicted octanol–water partition coefficient (Wildman–Crippen LogP) is 4.64. The van der Waals surface area contributed by atoms with E-state index < -0.39 is 0 Å². The van der Waals surface area contributed by atoms with Crippen molar-refractivity contribution in [3.8, 4) is 0 Å². The van der Waals surface area contributed by atoms with Crippen LogP contribution in [0.25, 0.3) is 0 Å². The minimum atomic E-state index is 0.356. The average molecular weight is 449 g/mol. The highest BCUT2D eigenvalue weighted by atomic mass is 32.2. The molecule has 0 bridgehead atoms. The number of likely N-dealkylation sites (tertiary alicyclic amines) is 1. The van der Waals surface area contributed by atoms with Crippen LogP contribution in [0.4, 0.5) is 5.69 Å². The summed E-state index contributed by atoms with van der Waals surface area (Å²) in [5.41, 5.74) is 2.31. The number of unbranched alkanes of at least 4 members (excludes halogenated alkanes) is 1. The van der Waals surface area contributed by atoms with Gasteiger partial charge in [-0.25, -0.2) is 4.99 Å². The molecule has 168 valence electrons. The van der Waals surface area contributed by atoms with Crippen LogP contribution in [0.2, 0.25) is 0 Å². The van der Waals surface area contributed by atoms with Gasteiger partial charge >= 0.3 is 0 Å². The highest BCUT2D eigenvalue weighted by Crippen LogP contribution is 2.40. The third kappa shape index (κ3) is 4.86. The van der Waals surface area contributed by atoms with E-state index in [0.717, 1.165) is 83.0 Å². The topological polar surface area (TPSA) is 39.2 Å². The van der Waals surface area contributed by atoms with E-state index in [1.54, 1.807) is 0 Å². The molecule has 2 saturated heterocycles. The highest BCUT2D eigenvalue weighted by molar-refractivity contribution is 7.99. The van der Waals surface area contributed by atoms with Gasteiger partial charge in [-0.3, -0.25) is 9.69 Å². The van der Waals surface area contributed by atoms with Gasteiger partial charge in [0.2, 0.25) is 5.91 Å². The summed E-state index contributed by atoms with van der Waals surface area (Å²) >= 11 is 1.82. The van der Waals surface area contributed by atoms with E-state index >= 15 is 0 Å². The number of amidine groups is 1. The molecular weight excluding hydrogens is 416 g/mol. The maximum atomic E-state index is 12.0. The average Bonchev–Trinajstić information content (AvgIpc) is 3.00. The smallest absolute Gasteiger partial charge is 0.222 e. The summed E-state index contributed by atoms with van der Waals surface area (Å²) in [6, 6.07) is 17.1. The third-order valence-corrected chi connectivity index (χ3v) is 7.83. The van der Waals surface area contributed by atoms with Crippen molar-refractivity contribution in [2.75, 3.05) is 45.8 Å². The normalized spacial score (nSPS) is 19.2. The predicted molar refractivity (Wildman–Crippen MR) is 131 cm³/mol. The Balaban J connectivity index is 1.18. The quantitative estimate of drug-likeness (QED) is 0.625. The van der Waals surface area contributed by atoms with Crippen LogP contribution >= 0.6 is 11.8 Å². The molecule has 6 heteroatoms. The largest absolute Gasteiger partial charge is 0.354 e. The van der Waals surface area contributed by atoms with Gasteiger partial charge in [-0.15, -0.1) is 0 Å². The van der Waals surface area contributed by atoms with Crippen LogP contribution in [0.1, 0.15) is 37.7 Å². The lowest BCUT2D eigenvalue weighted by Crippen LogP contribution is -2.49. The summed E-state index contributed by atoms with van der Waals surface area (Å²) in [6.45, 7) is 7.16. The molecule has 3 aliphatic rings. The van der Waals surface area contributed by atoms with Crippen molar-refractivity contribution in [2.24, 2.45) is 4.99 Å². The van der Waals surface area contributed by atoms with E-state index in [-0.39, 0.29) is 0 Å². The van der Waals surface area contributed by atoms with Gasteiger partial charge in [-0.05, 0) is 50.4 Å². The van der Waals surface area contributed by atoms with Crippen molar-refractivity contribution in [1.82, 2.24) is 14.7 Å². The van der Waals surface area contributed by atoms with E-state index in [0.29, 0.717) is 5.91 Å². The van der Waals surface area contributed by atoms with Crippen LogP contribution < -0.4 is 0 Å². The molecule has 2 aromatic rings. The van der Waals surface area contributed by atoms with E-state index in [4.69, 9.17) is 4.99 Å². The number of piperazine rings is 1. The molecule has 0 aromatic heterocycles. The zero-order valence-electron chi connectivity index (χ0n) is 18.7. The Morgan fingerprint density at radius 3 is 2.41 bits per heavy atom. The molecule has 0 radical (unpaired) electrons. The number of piperidine rings is 1. The summed E-state index contributed by atoms with van der Waals surface area (Å²) in [5, 5.41) is 0. The molecule has 0 spiro atoms. The van der Waals surface area contributed by atoms with Gasteiger partial charge in [0.05, 0.1) is 5.69 Å². The molecule has 2 aromatic carbocycles. The number of para-hydroxylation sites is 1. The van der Waals surface area contributed by atoms with Crippen molar-refractivity contribution >= 4 is 29.2 Å². The molecule has 5 nitrogen and oxygen atoms in total. The van der Waals surface area contributed by atoms with E-state index in [2.05, 4.69) is 63.2 Å². The lowest BCUT2D eigenvalue weighted by molar-refractivity contribution is -0.133.